The van der Waals surface area contributed by atoms with Crippen LogP contribution in [-0.2, 0) is 0 Å². The van der Waals surface area contributed by atoms with E-state index in [1.165, 1.54) is 22.6 Å². The topological polar surface area (TPSA) is 56.4 Å². The quantitative estimate of drug-likeness (QED) is 0.500. The largest absolute Gasteiger partial charge is 0.365 e. The maximum Gasteiger partial charge on any atom is 0.264 e. The van der Waals surface area contributed by atoms with Gasteiger partial charge in [0.2, 0.25) is 0 Å². The maximum absolute atomic E-state index is 13.3. The molecule has 1 atom stereocenters. The van der Waals surface area contributed by atoms with Crippen molar-refractivity contribution in [3.05, 3.63) is 74.9 Å². The molecule has 5 rings (SSSR count). The first kappa shape index (κ1) is 19.8. The molecule has 0 bridgehead atoms. The highest BCUT2D eigenvalue weighted by Crippen LogP contribution is 2.31. The van der Waals surface area contributed by atoms with E-state index in [9.17, 15) is 9.59 Å². The molecule has 3 heterocycles. The van der Waals surface area contributed by atoms with E-state index in [-0.39, 0.29) is 17.5 Å². The Morgan fingerprint density at radius 1 is 1.03 bits per heavy atom. The standard InChI is InChI=1S/C25H25N3O2S/c1-15-5-4-6-18(11-15)28-10-9-27(14-17(28)3)25(30)22-13-20-23(31-22)19-12-16(2)7-8-21(19)26-24(20)29/h4-8,11-13,17H,9-10,14H2,1-3H3,(H,26,29)/t17-/m1/s1. The lowest BCUT2D eigenvalue weighted by Crippen LogP contribution is -2.53. The normalized spacial score (nSPS) is 16.9. The molecule has 2 aromatic heterocycles. The van der Waals surface area contributed by atoms with Crippen LogP contribution in [0.5, 0.6) is 0 Å². The number of carbonyl (C=O) groups is 1. The molecule has 1 amide bonds. The number of benzene rings is 2. The van der Waals surface area contributed by atoms with Crippen LogP contribution in [0.3, 0.4) is 0 Å². The van der Waals surface area contributed by atoms with Crippen molar-refractivity contribution in [2.75, 3.05) is 24.5 Å². The number of amides is 1. The Balaban J connectivity index is 1.44. The number of hydrogen-bond donors (Lipinski definition) is 1. The lowest BCUT2D eigenvalue weighted by molar-refractivity contribution is 0.0731. The Hall–Kier alpha value is -3.12. The number of piperazine rings is 1. The van der Waals surface area contributed by atoms with E-state index in [4.69, 9.17) is 0 Å². The van der Waals surface area contributed by atoms with Crippen LogP contribution in [0.15, 0.2) is 53.3 Å². The third-order valence-corrected chi connectivity index (χ3v) is 7.26. The molecule has 0 saturated carbocycles. The number of aromatic amines is 1. The average Bonchev–Trinajstić information content (AvgIpc) is 3.20. The van der Waals surface area contributed by atoms with E-state index in [2.05, 4.69) is 54.1 Å². The number of fused-ring (bicyclic) bond motifs is 3. The number of H-pyrrole nitrogens is 1. The van der Waals surface area contributed by atoms with Gasteiger partial charge >= 0.3 is 0 Å². The van der Waals surface area contributed by atoms with Crippen LogP contribution in [0.1, 0.15) is 27.7 Å². The van der Waals surface area contributed by atoms with Gasteiger partial charge in [-0.2, -0.15) is 0 Å². The molecule has 5 nitrogen and oxygen atoms in total. The summed E-state index contributed by atoms with van der Waals surface area (Å²) in [6, 6.07) is 16.5. The monoisotopic (exact) mass is 431 g/mol. The minimum absolute atomic E-state index is 0.0112. The summed E-state index contributed by atoms with van der Waals surface area (Å²) in [4.78, 5) is 33.8. The van der Waals surface area contributed by atoms with E-state index < -0.39 is 0 Å². The average molecular weight is 432 g/mol. The number of rotatable bonds is 2. The zero-order chi connectivity index (χ0) is 21.7. The Bertz CT molecular complexity index is 1370. The zero-order valence-electron chi connectivity index (χ0n) is 17.9. The van der Waals surface area contributed by atoms with Crippen LogP contribution < -0.4 is 10.5 Å². The summed E-state index contributed by atoms with van der Waals surface area (Å²) in [7, 11) is 0. The van der Waals surface area contributed by atoms with Crippen LogP contribution in [0.4, 0.5) is 5.69 Å². The van der Waals surface area contributed by atoms with Gasteiger partial charge in [0.25, 0.3) is 11.5 Å². The van der Waals surface area contributed by atoms with Gasteiger partial charge in [-0.15, -0.1) is 11.3 Å². The van der Waals surface area contributed by atoms with Crippen molar-refractivity contribution < 1.29 is 4.79 Å². The molecule has 4 aromatic rings. The van der Waals surface area contributed by atoms with Gasteiger partial charge in [-0.05, 0) is 56.7 Å². The number of aryl methyl sites for hydroxylation is 2. The number of aromatic nitrogens is 1. The van der Waals surface area contributed by atoms with Crippen LogP contribution in [0.25, 0.3) is 21.0 Å². The number of pyridine rings is 1. The first-order chi connectivity index (χ1) is 14.9. The third-order valence-electron chi connectivity index (χ3n) is 6.10. The fraction of sp³-hybridized carbons (Fsp3) is 0.280. The van der Waals surface area contributed by atoms with Gasteiger partial charge in [-0.1, -0.05) is 23.8 Å². The summed E-state index contributed by atoms with van der Waals surface area (Å²) in [5.41, 5.74) is 4.24. The molecule has 6 heteroatoms. The molecule has 2 aromatic carbocycles. The molecular formula is C25H25N3O2S. The highest BCUT2D eigenvalue weighted by Gasteiger charge is 2.28. The molecule has 158 valence electrons. The maximum atomic E-state index is 13.3. The van der Waals surface area contributed by atoms with Gasteiger partial charge in [-0.3, -0.25) is 9.59 Å². The Labute approximate surface area is 184 Å². The van der Waals surface area contributed by atoms with E-state index >= 15 is 0 Å². The summed E-state index contributed by atoms with van der Waals surface area (Å²) in [6.07, 6.45) is 0. The SMILES string of the molecule is Cc1cccc(N2CCN(C(=O)c3cc4c(=O)[nH]c5ccc(C)cc5c4s3)C[C@H]2C)c1. The van der Waals surface area contributed by atoms with Crippen molar-refractivity contribution in [1.29, 1.82) is 0 Å². The van der Waals surface area contributed by atoms with Gasteiger partial charge in [0.05, 0.1) is 10.3 Å². The van der Waals surface area contributed by atoms with E-state index in [1.54, 1.807) is 6.07 Å². The highest BCUT2D eigenvalue weighted by atomic mass is 32.1. The molecule has 1 aliphatic rings. The van der Waals surface area contributed by atoms with E-state index in [0.717, 1.165) is 27.7 Å². The van der Waals surface area contributed by atoms with Crippen molar-refractivity contribution in [3.63, 3.8) is 0 Å². The number of carbonyl (C=O) groups excluding carboxylic acids is 1. The number of nitrogens with zero attached hydrogens (tertiary/aromatic N) is 2. The second-order valence-corrected chi connectivity index (χ2v) is 9.54. The van der Waals surface area contributed by atoms with Crippen molar-refractivity contribution >= 4 is 43.9 Å². The van der Waals surface area contributed by atoms with Crippen LogP contribution in [0.2, 0.25) is 0 Å². The van der Waals surface area contributed by atoms with Crippen LogP contribution in [-0.4, -0.2) is 41.5 Å². The third kappa shape index (κ3) is 3.51. The molecule has 0 aliphatic carbocycles. The van der Waals surface area contributed by atoms with Crippen molar-refractivity contribution in [3.8, 4) is 0 Å². The predicted octanol–water partition coefficient (Wildman–Crippen LogP) is 4.71. The molecule has 1 N–H and O–H groups in total. The van der Waals surface area contributed by atoms with Gasteiger partial charge in [0.15, 0.2) is 0 Å². The van der Waals surface area contributed by atoms with Crippen molar-refractivity contribution in [1.82, 2.24) is 9.88 Å². The van der Waals surface area contributed by atoms with Crippen LogP contribution in [0, 0.1) is 13.8 Å². The molecule has 31 heavy (non-hydrogen) atoms. The second-order valence-electron chi connectivity index (χ2n) is 8.49. The minimum Gasteiger partial charge on any atom is -0.365 e. The number of anilines is 1. The zero-order valence-corrected chi connectivity index (χ0v) is 18.8. The molecule has 1 aliphatic heterocycles. The lowest BCUT2D eigenvalue weighted by Gasteiger charge is -2.41. The summed E-state index contributed by atoms with van der Waals surface area (Å²) in [5.74, 6) is 0.0112. The first-order valence-electron chi connectivity index (χ1n) is 10.6. The minimum atomic E-state index is -0.140. The Morgan fingerprint density at radius 3 is 2.61 bits per heavy atom. The van der Waals surface area contributed by atoms with Crippen molar-refractivity contribution in [2.24, 2.45) is 0 Å². The fourth-order valence-electron chi connectivity index (χ4n) is 4.50. The second kappa shape index (κ2) is 7.54. The smallest absolute Gasteiger partial charge is 0.264 e. The molecule has 0 radical (unpaired) electrons. The number of nitrogens with one attached hydrogen (secondary N) is 1. The van der Waals surface area contributed by atoms with Crippen LogP contribution >= 0.6 is 11.3 Å². The Kier molecular flexibility index (Phi) is 4.82. The summed E-state index contributed by atoms with van der Waals surface area (Å²) < 4.78 is 0.886. The summed E-state index contributed by atoms with van der Waals surface area (Å²) in [6.45, 7) is 8.42. The molecular weight excluding hydrogens is 406 g/mol. The van der Waals surface area contributed by atoms with Gasteiger partial charge in [0.1, 0.15) is 0 Å². The molecule has 0 spiro atoms. The highest BCUT2D eigenvalue weighted by molar-refractivity contribution is 7.21. The van der Waals surface area contributed by atoms with Gasteiger partial charge in [0, 0.05) is 47.0 Å². The molecule has 1 saturated heterocycles. The first-order valence-corrected chi connectivity index (χ1v) is 11.4. The predicted molar refractivity (Wildman–Crippen MR) is 129 cm³/mol. The van der Waals surface area contributed by atoms with Gasteiger partial charge < -0.3 is 14.8 Å². The number of thiophene rings is 1. The summed E-state index contributed by atoms with van der Waals surface area (Å²) >= 11 is 1.43. The Morgan fingerprint density at radius 2 is 1.84 bits per heavy atom. The molecule has 0 unspecified atom stereocenters. The number of hydrogen-bond acceptors (Lipinski definition) is 4. The summed E-state index contributed by atoms with van der Waals surface area (Å²) in [5, 5.41) is 1.59. The van der Waals surface area contributed by atoms with Gasteiger partial charge in [-0.25, -0.2) is 0 Å². The van der Waals surface area contributed by atoms with E-state index in [1.807, 2.05) is 24.0 Å². The molecule has 1 fully saturated rings. The lowest BCUT2D eigenvalue weighted by atomic mass is 10.1. The van der Waals surface area contributed by atoms with Crippen molar-refractivity contribution in [2.45, 2.75) is 26.8 Å². The van der Waals surface area contributed by atoms with E-state index in [0.29, 0.717) is 23.4 Å². The fourth-order valence-corrected chi connectivity index (χ4v) is 5.65.